The average molecular weight is 424 g/mol. The van der Waals surface area contributed by atoms with Gasteiger partial charge in [-0.3, -0.25) is 9.48 Å². The number of nitrogens with one attached hydrogen (secondary N) is 1. The number of furan rings is 1. The van der Waals surface area contributed by atoms with Crippen LogP contribution in [-0.2, 0) is 6.54 Å². The first kappa shape index (κ1) is 17.2. The molecule has 1 aromatic carbocycles. The van der Waals surface area contributed by atoms with E-state index in [1.54, 1.807) is 35.3 Å². The zero-order valence-electron chi connectivity index (χ0n) is 12.7. The fraction of sp³-hybridized carbons (Fsp3) is 0.0625. The lowest BCUT2D eigenvalue weighted by Gasteiger charge is -2.00. The Morgan fingerprint density at radius 1 is 1.44 bits per heavy atom. The summed E-state index contributed by atoms with van der Waals surface area (Å²) in [6.07, 6.45) is 4.75. The number of nitrogens with zero attached hydrogens (tertiary/aromatic N) is 3. The van der Waals surface area contributed by atoms with Gasteiger partial charge in [0, 0.05) is 16.8 Å². The third-order valence-electron chi connectivity index (χ3n) is 3.16. The van der Waals surface area contributed by atoms with Gasteiger partial charge in [0.1, 0.15) is 11.5 Å². The Kier molecular flexibility index (Phi) is 5.20. The van der Waals surface area contributed by atoms with Crippen LogP contribution in [0.3, 0.4) is 0 Å². The van der Waals surface area contributed by atoms with Gasteiger partial charge in [-0.15, -0.1) is 0 Å². The molecule has 9 heteroatoms. The molecule has 7 nitrogen and oxygen atoms in total. The number of benzene rings is 1. The molecule has 0 saturated carbocycles. The molecule has 2 heterocycles. The highest BCUT2D eigenvalue weighted by molar-refractivity contribution is 9.10. The molecule has 0 bridgehead atoms. The molecular weight excluding hydrogens is 412 g/mol. The molecule has 0 radical (unpaired) electrons. The minimum absolute atomic E-state index is 0.00747. The summed E-state index contributed by atoms with van der Waals surface area (Å²) >= 11 is 9.15. The summed E-state index contributed by atoms with van der Waals surface area (Å²) in [6, 6.07) is 7.76. The van der Waals surface area contributed by atoms with Gasteiger partial charge in [-0.05, 0) is 46.3 Å². The van der Waals surface area contributed by atoms with Crippen LogP contribution in [0.5, 0.6) is 5.75 Å². The van der Waals surface area contributed by atoms with Crippen LogP contribution in [0.1, 0.15) is 21.9 Å². The average Bonchev–Trinajstić information content (AvgIpc) is 3.20. The van der Waals surface area contributed by atoms with E-state index < -0.39 is 5.91 Å². The molecule has 0 aliphatic heterocycles. The first-order valence-electron chi connectivity index (χ1n) is 7.10. The maximum Gasteiger partial charge on any atom is 0.307 e. The number of aromatic nitrogens is 2. The SMILES string of the molecule is O=C(N/N=C/c1cc(Cl)ccc1O)c1ccc(Cn2cc(Br)cn2)o1. The van der Waals surface area contributed by atoms with Crippen LogP contribution in [0.15, 0.2) is 56.7 Å². The van der Waals surface area contributed by atoms with Crippen LogP contribution in [-0.4, -0.2) is 27.0 Å². The van der Waals surface area contributed by atoms with Crippen LogP contribution >= 0.6 is 27.5 Å². The highest BCUT2D eigenvalue weighted by atomic mass is 79.9. The van der Waals surface area contributed by atoms with E-state index in [-0.39, 0.29) is 11.5 Å². The Bertz CT molecular complexity index is 935. The van der Waals surface area contributed by atoms with Crippen LogP contribution in [0.25, 0.3) is 0 Å². The Morgan fingerprint density at radius 3 is 3.04 bits per heavy atom. The summed E-state index contributed by atoms with van der Waals surface area (Å²) in [4.78, 5) is 12.0. The van der Waals surface area contributed by atoms with Crippen molar-refractivity contribution in [2.75, 3.05) is 0 Å². The topological polar surface area (TPSA) is 92.7 Å². The summed E-state index contributed by atoms with van der Waals surface area (Å²) < 4.78 is 8.00. The van der Waals surface area contributed by atoms with Gasteiger partial charge in [0.2, 0.25) is 0 Å². The molecule has 0 spiro atoms. The fourth-order valence-corrected chi connectivity index (χ4v) is 2.52. The van der Waals surface area contributed by atoms with Gasteiger partial charge in [-0.25, -0.2) is 5.43 Å². The standard InChI is InChI=1S/C16H12BrClN4O3/c17-11-7-20-22(8-11)9-13-2-4-15(25-13)16(24)21-19-6-10-5-12(18)1-3-14(10)23/h1-8,23H,9H2,(H,21,24)/b19-6+. The van der Waals surface area contributed by atoms with Crippen molar-refractivity contribution < 1.29 is 14.3 Å². The first-order valence-corrected chi connectivity index (χ1v) is 8.27. The Hall–Kier alpha value is -2.58. The Labute approximate surface area is 156 Å². The van der Waals surface area contributed by atoms with Crippen LogP contribution in [0, 0.1) is 0 Å². The van der Waals surface area contributed by atoms with Crippen LogP contribution in [0.4, 0.5) is 0 Å². The van der Waals surface area contributed by atoms with Crippen molar-refractivity contribution >= 4 is 39.7 Å². The van der Waals surface area contributed by atoms with Crippen molar-refractivity contribution in [1.29, 1.82) is 0 Å². The maximum absolute atomic E-state index is 12.0. The maximum atomic E-state index is 12.0. The first-order chi connectivity index (χ1) is 12.0. The van der Waals surface area contributed by atoms with Gasteiger partial charge in [0.15, 0.2) is 5.76 Å². The zero-order valence-corrected chi connectivity index (χ0v) is 15.0. The molecule has 0 saturated heterocycles. The monoisotopic (exact) mass is 422 g/mol. The van der Waals surface area contributed by atoms with Gasteiger partial charge in [0.25, 0.3) is 0 Å². The molecule has 2 N–H and O–H groups in total. The van der Waals surface area contributed by atoms with Gasteiger partial charge in [-0.1, -0.05) is 11.6 Å². The predicted octanol–water partition coefficient (Wildman–Crippen LogP) is 3.41. The molecule has 0 fully saturated rings. The normalized spacial score (nSPS) is 11.1. The van der Waals surface area contributed by atoms with Crippen molar-refractivity contribution in [3.05, 3.63) is 69.3 Å². The van der Waals surface area contributed by atoms with E-state index >= 15 is 0 Å². The number of carbonyl (C=O) groups excluding carboxylic acids is 1. The largest absolute Gasteiger partial charge is 0.507 e. The zero-order chi connectivity index (χ0) is 17.8. The number of rotatable bonds is 5. The van der Waals surface area contributed by atoms with Crippen molar-refractivity contribution in [3.8, 4) is 5.75 Å². The number of carbonyl (C=O) groups is 1. The number of phenolic OH excluding ortho intramolecular Hbond substituents is 1. The molecule has 2 aromatic heterocycles. The quantitative estimate of drug-likeness (QED) is 0.486. The molecule has 0 aliphatic carbocycles. The third kappa shape index (κ3) is 4.49. The molecule has 0 aliphatic rings. The lowest BCUT2D eigenvalue weighted by molar-refractivity contribution is 0.0925. The number of halogens is 2. The predicted molar refractivity (Wildman–Crippen MR) is 95.9 cm³/mol. The Balaban J connectivity index is 1.62. The van der Waals surface area contributed by atoms with E-state index in [2.05, 4.69) is 31.6 Å². The van der Waals surface area contributed by atoms with Crippen LogP contribution < -0.4 is 5.43 Å². The van der Waals surface area contributed by atoms with Gasteiger partial charge in [0.05, 0.1) is 23.4 Å². The number of phenols is 1. The molecule has 3 rings (SSSR count). The van der Waals surface area contributed by atoms with Gasteiger partial charge < -0.3 is 9.52 Å². The summed E-state index contributed by atoms with van der Waals surface area (Å²) in [6.45, 7) is 0.401. The smallest absolute Gasteiger partial charge is 0.307 e. The van der Waals surface area contributed by atoms with Gasteiger partial charge in [-0.2, -0.15) is 10.2 Å². The number of hydrogen-bond donors (Lipinski definition) is 2. The van der Waals surface area contributed by atoms with E-state index in [1.165, 1.54) is 18.3 Å². The number of hydrogen-bond acceptors (Lipinski definition) is 5. The lowest BCUT2D eigenvalue weighted by atomic mass is 10.2. The second kappa shape index (κ2) is 7.54. The molecule has 128 valence electrons. The molecule has 1 amide bonds. The molecule has 25 heavy (non-hydrogen) atoms. The summed E-state index contributed by atoms with van der Waals surface area (Å²) in [7, 11) is 0. The summed E-state index contributed by atoms with van der Waals surface area (Å²) in [5.41, 5.74) is 2.71. The molecular formula is C16H12BrClN4O3. The minimum atomic E-state index is -0.509. The molecule has 0 unspecified atom stereocenters. The number of amides is 1. The van der Waals surface area contributed by atoms with E-state index in [0.717, 1.165) is 4.47 Å². The second-order valence-electron chi connectivity index (χ2n) is 5.02. The van der Waals surface area contributed by atoms with Crippen molar-refractivity contribution in [2.45, 2.75) is 6.54 Å². The third-order valence-corrected chi connectivity index (χ3v) is 3.81. The van der Waals surface area contributed by atoms with E-state index in [4.69, 9.17) is 16.0 Å². The molecule has 0 atom stereocenters. The number of hydrazone groups is 1. The highest BCUT2D eigenvalue weighted by Crippen LogP contribution is 2.19. The summed E-state index contributed by atoms with van der Waals surface area (Å²) in [5, 5.41) is 18.0. The lowest BCUT2D eigenvalue weighted by Crippen LogP contribution is -2.16. The van der Waals surface area contributed by atoms with E-state index in [1.807, 2.05) is 0 Å². The number of aromatic hydroxyl groups is 1. The van der Waals surface area contributed by atoms with Crippen LogP contribution in [0.2, 0.25) is 5.02 Å². The van der Waals surface area contributed by atoms with Gasteiger partial charge >= 0.3 is 5.91 Å². The second-order valence-corrected chi connectivity index (χ2v) is 6.38. The molecule has 3 aromatic rings. The Morgan fingerprint density at radius 2 is 2.28 bits per heavy atom. The summed E-state index contributed by atoms with van der Waals surface area (Å²) in [5.74, 6) is 0.199. The van der Waals surface area contributed by atoms with Crippen molar-refractivity contribution in [2.24, 2.45) is 5.10 Å². The van der Waals surface area contributed by atoms with E-state index in [9.17, 15) is 9.90 Å². The van der Waals surface area contributed by atoms with E-state index in [0.29, 0.717) is 22.9 Å². The highest BCUT2D eigenvalue weighted by Gasteiger charge is 2.11. The van der Waals surface area contributed by atoms with Crippen molar-refractivity contribution in [1.82, 2.24) is 15.2 Å². The van der Waals surface area contributed by atoms with Crippen molar-refractivity contribution in [3.63, 3.8) is 0 Å². The minimum Gasteiger partial charge on any atom is -0.507 e. The fourth-order valence-electron chi connectivity index (χ4n) is 2.01.